The van der Waals surface area contributed by atoms with Gasteiger partial charge in [-0.25, -0.2) is 9.97 Å². The van der Waals surface area contributed by atoms with Crippen molar-refractivity contribution in [1.29, 1.82) is 0 Å². The summed E-state index contributed by atoms with van der Waals surface area (Å²) in [6.45, 7) is 4.67. The van der Waals surface area contributed by atoms with Gasteiger partial charge in [0.15, 0.2) is 5.82 Å². The maximum absolute atomic E-state index is 5.33. The second-order valence-electron chi connectivity index (χ2n) is 14.5. The third-order valence-electron chi connectivity index (χ3n) is 11.1. The van der Waals surface area contributed by atoms with E-state index in [1.165, 1.54) is 49.5 Å². The summed E-state index contributed by atoms with van der Waals surface area (Å²) in [6, 6.07) is 65.4. The molecule has 0 unspecified atom stereocenters. The fourth-order valence-corrected chi connectivity index (χ4v) is 8.50. The Morgan fingerprint density at radius 1 is 0.358 bits per heavy atom. The summed E-state index contributed by atoms with van der Waals surface area (Å²) < 4.78 is 0. The van der Waals surface area contributed by atoms with E-state index in [-0.39, 0.29) is 5.41 Å². The molecule has 0 saturated heterocycles. The van der Waals surface area contributed by atoms with Gasteiger partial charge in [0.05, 0.1) is 11.4 Å². The first-order valence-electron chi connectivity index (χ1n) is 18.3. The third-order valence-corrected chi connectivity index (χ3v) is 11.1. The first-order valence-corrected chi connectivity index (χ1v) is 18.3. The second kappa shape index (κ2) is 12.3. The van der Waals surface area contributed by atoms with Crippen molar-refractivity contribution >= 4 is 21.5 Å². The number of hydrogen-bond donors (Lipinski definition) is 0. The van der Waals surface area contributed by atoms with Gasteiger partial charge in [0.2, 0.25) is 0 Å². The average Bonchev–Trinajstić information content (AvgIpc) is 3.45. The lowest BCUT2D eigenvalue weighted by Gasteiger charge is -2.21. The second-order valence-corrected chi connectivity index (χ2v) is 14.5. The molecule has 0 fully saturated rings. The molecular formula is C51H36N2. The lowest BCUT2D eigenvalue weighted by molar-refractivity contribution is 0.660. The molecule has 0 amide bonds. The third kappa shape index (κ3) is 5.10. The van der Waals surface area contributed by atoms with E-state index in [4.69, 9.17) is 9.97 Å². The highest BCUT2D eigenvalue weighted by Gasteiger charge is 2.35. The zero-order valence-electron chi connectivity index (χ0n) is 29.7. The van der Waals surface area contributed by atoms with Gasteiger partial charge < -0.3 is 0 Å². The van der Waals surface area contributed by atoms with Crippen LogP contribution in [0.4, 0.5) is 0 Å². The normalized spacial score (nSPS) is 12.9. The predicted octanol–water partition coefficient (Wildman–Crippen LogP) is 13.4. The average molecular weight is 677 g/mol. The molecule has 0 aliphatic heterocycles. The van der Waals surface area contributed by atoms with Gasteiger partial charge in [-0.15, -0.1) is 0 Å². The maximum Gasteiger partial charge on any atom is 0.160 e. The summed E-state index contributed by atoms with van der Waals surface area (Å²) >= 11 is 0. The lowest BCUT2D eigenvalue weighted by Crippen LogP contribution is -2.14. The molecule has 1 aliphatic carbocycles. The number of hydrogen-bond acceptors (Lipinski definition) is 2. The van der Waals surface area contributed by atoms with E-state index in [0.29, 0.717) is 5.82 Å². The summed E-state index contributed by atoms with van der Waals surface area (Å²) in [5.41, 5.74) is 15.1. The van der Waals surface area contributed by atoms with E-state index >= 15 is 0 Å². The Kier molecular flexibility index (Phi) is 7.19. The summed E-state index contributed by atoms with van der Waals surface area (Å²) in [7, 11) is 0. The van der Waals surface area contributed by atoms with E-state index in [1.807, 2.05) is 6.07 Å². The van der Waals surface area contributed by atoms with Crippen LogP contribution in [-0.4, -0.2) is 9.97 Å². The van der Waals surface area contributed by atoms with Crippen LogP contribution < -0.4 is 0 Å². The van der Waals surface area contributed by atoms with Crippen LogP contribution in [0.25, 0.3) is 88.8 Å². The van der Waals surface area contributed by atoms with Gasteiger partial charge in [-0.2, -0.15) is 0 Å². The van der Waals surface area contributed by atoms with Gasteiger partial charge in [0, 0.05) is 22.1 Å². The van der Waals surface area contributed by atoms with Crippen LogP contribution >= 0.6 is 0 Å². The van der Waals surface area contributed by atoms with Crippen LogP contribution in [-0.2, 0) is 5.41 Å². The molecule has 0 saturated carbocycles. The van der Waals surface area contributed by atoms with E-state index < -0.39 is 0 Å². The monoisotopic (exact) mass is 676 g/mol. The number of rotatable bonds is 5. The van der Waals surface area contributed by atoms with E-state index in [2.05, 4.69) is 190 Å². The van der Waals surface area contributed by atoms with Gasteiger partial charge >= 0.3 is 0 Å². The van der Waals surface area contributed by atoms with Crippen molar-refractivity contribution in [2.75, 3.05) is 0 Å². The summed E-state index contributed by atoms with van der Waals surface area (Å²) in [4.78, 5) is 10.6. The summed E-state index contributed by atoms with van der Waals surface area (Å²) in [6.07, 6.45) is 0. The van der Waals surface area contributed by atoms with Crippen molar-refractivity contribution in [3.8, 4) is 67.3 Å². The van der Waals surface area contributed by atoms with Crippen LogP contribution in [0.3, 0.4) is 0 Å². The van der Waals surface area contributed by atoms with E-state index in [0.717, 1.165) is 44.6 Å². The van der Waals surface area contributed by atoms with E-state index in [1.54, 1.807) is 0 Å². The fourth-order valence-electron chi connectivity index (χ4n) is 8.50. The Labute approximate surface area is 310 Å². The van der Waals surface area contributed by atoms with E-state index in [9.17, 15) is 0 Å². The molecule has 0 radical (unpaired) electrons. The quantitative estimate of drug-likeness (QED) is 0.181. The number of nitrogens with zero attached hydrogens (tertiary/aromatic N) is 2. The molecule has 0 bridgehead atoms. The van der Waals surface area contributed by atoms with Gasteiger partial charge in [-0.1, -0.05) is 184 Å². The molecule has 1 heterocycles. The molecule has 53 heavy (non-hydrogen) atoms. The van der Waals surface area contributed by atoms with Gasteiger partial charge in [-0.3, -0.25) is 0 Å². The Bertz CT molecular complexity index is 2850. The zero-order chi connectivity index (χ0) is 35.5. The van der Waals surface area contributed by atoms with Gasteiger partial charge in [0.1, 0.15) is 0 Å². The van der Waals surface area contributed by atoms with Crippen LogP contribution in [0.5, 0.6) is 0 Å². The van der Waals surface area contributed by atoms with Crippen LogP contribution in [0.2, 0.25) is 0 Å². The largest absolute Gasteiger partial charge is 0.228 e. The predicted molar refractivity (Wildman–Crippen MR) is 222 cm³/mol. The number of benzene rings is 8. The topological polar surface area (TPSA) is 25.8 Å². The minimum Gasteiger partial charge on any atom is -0.228 e. The van der Waals surface area contributed by atoms with Crippen LogP contribution in [0, 0.1) is 0 Å². The maximum atomic E-state index is 5.33. The van der Waals surface area contributed by atoms with Crippen molar-refractivity contribution < 1.29 is 0 Å². The Morgan fingerprint density at radius 3 is 1.74 bits per heavy atom. The molecule has 0 atom stereocenters. The zero-order valence-corrected chi connectivity index (χ0v) is 29.7. The lowest BCUT2D eigenvalue weighted by atomic mass is 9.82. The van der Waals surface area contributed by atoms with Crippen molar-refractivity contribution in [1.82, 2.24) is 9.97 Å². The van der Waals surface area contributed by atoms with Crippen LogP contribution in [0.15, 0.2) is 182 Å². The Morgan fingerprint density at radius 2 is 0.943 bits per heavy atom. The van der Waals surface area contributed by atoms with Crippen LogP contribution in [0.1, 0.15) is 25.0 Å². The first kappa shape index (κ1) is 31.1. The molecule has 250 valence electrons. The molecule has 2 nitrogen and oxygen atoms in total. The van der Waals surface area contributed by atoms with Crippen molar-refractivity contribution in [3.05, 3.63) is 193 Å². The minimum atomic E-state index is -0.0258. The molecule has 10 rings (SSSR count). The molecule has 1 aliphatic rings. The standard InChI is InChI=1S/C51H36N2/c1-51(2)45-24-14-13-23-42(45)44-31-36(26-30-46(44)51)37-28-29-43(41-22-12-11-21-40(37)41)47-32-48(53-50(52-47)35-18-7-4-8-19-35)49-38-20-10-9-17-34(38)25-27-39(49)33-15-5-3-6-16-33/h3-32H,1-2H3. The molecule has 2 heteroatoms. The van der Waals surface area contributed by atoms with Crippen molar-refractivity contribution in [2.24, 2.45) is 0 Å². The molecule has 0 N–H and O–H groups in total. The Hall–Kier alpha value is -6.64. The molecule has 9 aromatic rings. The summed E-state index contributed by atoms with van der Waals surface area (Å²) in [5, 5.41) is 4.71. The SMILES string of the molecule is CC1(C)c2ccccc2-c2cc(-c3ccc(-c4cc(-c5c(-c6ccccc6)ccc6ccccc56)nc(-c5ccccc5)n4)c4ccccc34)ccc21. The highest BCUT2D eigenvalue weighted by Crippen LogP contribution is 2.50. The molecule has 8 aromatic carbocycles. The fraction of sp³-hybridized carbons (Fsp3) is 0.0588. The first-order chi connectivity index (χ1) is 26.0. The van der Waals surface area contributed by atoms with Crippen molar-refractivity contribution in [2.45, 2.75) is 19.3 Å². The highest BCUT2D eigenvalue weighted by molar-refractivity contribution is 6.07. The number of aromatic nitrogens is 2. The molecule has 1 aromatic heterocycles. The summed E-state index contributed by atoms with van der Waals surface area (Å²) in [5.74, 6) is 0.707. The van der Waals surface area contributed by atoms with Gasteiger partial charge in [0.25, 0.3) is 0 Å². The minimum absolute atomic E-state index is 0.0258. The highest BCUT2D eigenvalue weighted by atomic mass is 14.9. The van der Waals surface area contributed by atoms with Crippen molar-refractivity contribution in [3.63, 3.8) is 0 Å². The van der Waals surface area contributed by atoms with Gasteiger partial charge in [-0.05, 0) is 78.2 Å². The number of fused-ring (bicyclic) bond motifs is 5. The smallest absolute Gasteiger partial charge is 0.160 e. The molecular weight excluding hydrogens is 641 g/mol. The molecule has 0 spiro atoms. The Balaban J connectivity index is 1.20.